The molecule has 6 nitrogen and oxygen atoms in total. The Morgan fingerprint density at radius 2 is 2.20 bits per heavy atom. The highest BCUT2D eigenvalue weighted by atomic mass is 35.5. The van der Waals surface area contributed by atoms with Crippen molar-refractivity contribution in [1.82, 2.24) is 15.5 Å². The van der Waals surface area contributed by atoms with Gasteiger partial charge in [0, 0.05) is 18.8 Å². The van der Waals surface area contributed by atoms with E-state index in [0.29, 0.717) is 29.8 Å². The van der Waals surface area contributed by atoms with Crippen molar-refractivity contribution in [3.8, 4) is 0 Å². The predicted octanol–water partition coefficient (Wildman–Crippen LogP) is 1.76. The predicted molar refractivity (Wildman–Crippen MR) is 79.3 cm³/mol. The van der Waals surface area contributed by atoms with Gasteiger partial charge in [-0.15, -0.1) is 12.4 Å². The van der Waals surface area contributed by atoms with E-state index >= 15 is 0 Å². The lowest BCUT2D eigenvalue weighted by molar-refractivity contribution is 0.0956. The molecule has 3 N–H and O–H groups in total. The molecule has 0 fully saturated rings. The average molecular weight is 299 g/mol. The lowest BCUT2D eigenvalue weighted by Crippen LogP contribution is -2.29. The van der Waals surface area contributed by atoms with Crippen LogP contribution in [0.15, 0.2) is 10.6 Å². The summed E-state index contributed by atoms with van der Waals surface area (Å²) in [4.78, 5) is 16.4. The summed E-state index contributed by atoms with van der Waals surface area (Å²) in [6.07, 6.45) is 0. The van der Waals surface area contributed by atoms with E-state index in [2.05, 4.69) is 15.5 Å². The smallest absolute Gasteiger partial charge is 0.259 e. The number of aromatic nitrogens is 2. The number of nitrogens with one attached hydrogen (secondary N) is 1. The molecular formula is C13H19ClN4O2. The van der Waals surface area contributed by atoms with Gasteiger partial charge in [0.25, 0.3) is 11.6 Å². The van der Waals surface area contributed by atoms with Crippen molar-refractivity contribution in [3.05, 3.63) is 23.0 Å². The number of hydrogen-bond acceptors (Lipinski definition) is 5. The summed E-state index contributed by atoms with van der Waals surface area (Å²) in [5.74, 6) is -0.0159. The van der Waals surface area contributed by atoms with Crippen LogP contribution in [0, 0.1) is 6.92 Å². The second kappa shape index (κ2) is 6.67. The Morgan fingerprint density at radius 3 is 2.80 bits per heavy atom. The number of carbonyl (C=O) groups is 1. The van der Waals surface area contributed by atoms with Gasteiger partial charge in [-0.05, 0) is 18.9 Å². The van der Waals surface area contributed by atoms with Gasteiger partial charge in [0.05, 0.1) is 16.6 Å². The summed E-state index contributed by atoms with van der Waals surface area (Å²) in [6, 6.07) is 1.75. The molecule has 110 valence electrons. The lowest BCUT2D eigenvalue weighted by atomic mass is 10.0. The number of hydrogen-bond donors (Lipinski definition) is 2. The third kappa shape index (κ3) is 3.08. The highest BCUT2D eigenvalue weighted by Crippen LogP contribution is 2.27. The number of nitrogens with two attached hydrogens (primary N) is 1. The van der Waals surface area contributed by atoms with Crippen LogP contribution in [0.2, 0.25) is 0 Å². The van der Waals surface area contributed by atoms with Crippen molar-refractivity contribution in [2.75, 3.05) is 13.1 Å². The molecule has 0 aliphatic carbocycles. The zero-order valence-corrected chi connectivity index (χ0v) is 12.6. The third-order valence-electron chi connectivity index (χ3n) is 2.82. The summed E-state index contributed by atoms with van der Waals surface area (Å²) in [5, 5.41) is 7.47. The Hall–Kier alpha value is -1.66. The Bertz CT molecular complexity index is 610. The highest BCUT2D eigenvalue weighted by molar-refractivity contribution is 6.06. The van der Waals surface area contributed by atoms with Crippen molar-refractivity contribution >= 4 is 29.4 Å². The van der Waals surface area contributed by atoms with E-state index in [4.69, 9.17) is 10.3 Å². The Labute approximate surface area is 123 Å². The molecule has 0 bridgehead atoms. The molecule has 2 rings (SSSR count). The Morgan fingerprint density at radius 1 is 1.50 bits per heavy atom. The molecule has 0 radical (unpaired) electrons. The number of carbonyl (C=O) groups excluding carboxylic acids is 1. The van der Waals surface area contributed by atoms with E-state index in [1.54, 1.807) is 6.07 Å². The van der Waals surface area contributed by atoms with Gasteiger partial charge in [-0.3, -0.25) is 4.79 Å². The summed E-state index contributed by atoms with van der Waals surface area (Å²) in [7, 11) is 0. The van der Waals surface area contributed by atoms with Gasteiger partial charge in [-0.25, -0.2) is 4.98 Å². The minimum atomic E-state index is -0.175. The molecule has 1 amide bonds. The molecule has 7 heteroatoms. The summed E-state index contributed by atoms with van der Waals surface area (Å²) < 4.78 is 5.22. The highest BCUT2D eigenvalue weighted by Gasteiger charge is 2.20. The van der Waals surface area contributed by atoms with E-state index in [-0.39, 0.29) is 24.2 Å². The summed E-state index contributed by atoms with van der Waals surface area (Å²) in [6.45, 7) is 6.65. The molecule has 0 aromatic carbocycles. The van der Waals surface area contributed by atoms with Crippen LogP contribution in [0.25, 0.3) is 11.1 Å². The fraction of sp³-hybridized carbons (Fsp3) is 0.462. The van der Waals surface area contributed by atoms with Gasteiger partial charge in [-0.1, -0.05) is 19.0 Å². The second-order valence-corrected chi connectivity index (χ2v) is 4.76. The fourth-order valence-electron chi connectivity index (χ4n) is 1.95. The zero-order chi connectivity index (χ0) is 14.0. The number of pyridine rings is 1. The number of rotatable bonds is 4. The van der Waals surface area contributed by atoms with E-state index in [9.17, 15) is 4.79 Å². The maximum Gasteiger partial charge on any atom is 0.259 e. The van der Waals surface area contributed by atoms with E-state index in [1.165, 1.54) is 0 Å². The van der Waals surface area contributed by atoms with Gasteiger partial charge in [0.1, 0.15) is 0 Å². The van der Waals surface area contributed by atoms with Crippen LogP contribution in [-0.4, -0.2) is 29.1 Å². The first kappa shape index (κ1) is 16.4. The number of aryl methyl sites for hydroxylation is 1. The van der Waals surface area contributed by atoms with Crippen LogP contribution < -0.4 is 11.1 Å². The molecule has 2 aromatic heterocycles. The van der Waals surface area contributed by atoms with Crippen LogP contribution in [0.4, 0.5) is 0 Å². The van der Waals surface area contributed by atoms with Crippen LogP contribution >= 0.6 is 12.4 Å². The first-order valence-electron chi connectivity index (χ1n) is 6.29. The SMILES string of the molecule is Cc1cc(C(=O)NCCN)c2c(C(C)C)noc2n1.Cl. The molecular weight excluding hydrogens is 280 g/mol. The largest absolute Gasteiger partial charge is 0.351 e. The van der Waals surface area contributed by atoms with Crippen LogP contribution in [0.5, 0.6) is 0 Å². The average Bonchev–Trinajstić information content (AvgIpc) is 2.78. The molecule has 2 aromatic rings. The first-order valence-corrected chi connectivity index (χ1v) is 6.29. The number of halogens is 1. The zero-order valence-electron chi connectivity index (χ0n) is 11.8. The van der Waals surface area contributed by atoms with Crippen LogP contribution in [0.1, 0.15) is 41.5 Å². The molecule has 0 spiro atoms. The van der Waals surface area contributed by atoms with Gasteiger partial charge in [0.15, 0.2) is 0 Å². The quantitative estimate of drug-likeness (QED) is 0.897. The normalized spacial score (nSPS) is 10.7. The topological polar surface area (TPSA) is 94.0 Å². The molecule has 0 aliphatic heterocycles. The molecule has 0 saturated carbocycles. The van der Waals surface area contributed by atoms with Gasteiger partial charge in [-0.2, -0.15) is 0 Å². The maximum absolute atomic E-state index is 12.2. The van der Waals surface area contributed by atoms with E-state index in [1.807, 2.05) is 20.8 Å². The van der Waals surface area contributed by atoms with Crippen molar-refractivity contribution in [2.24, 2.45) is 5.73 Å². The first-order chi connectivity index (χ1) is 9.04. The van der Waals surface area contributed by atoms with E-state index < -0.39 is 0 Å². The minimum Gasteiger partial charge on any atom is -0.351 e. The number of amides is 1. The van der Waals surface area contributed by atoms with Crippen LogP contribution in [0.3, 0.4) is 0 Å². The Kier molecular flexibility index (Phi) is 5.47. The van der Waals surface area contributed by atoms with Crippen molar-refractivity contribution < 1.29 is 9.32 Å². The van der Waals surface area contributed by atoms with Crippen molar-refractivity contribution in [3.63, 3.8) is 0 Å². The number of fused-ring (bicyclic) bond motifs is 1. The molecule has 0 atom stereocenters. The van der Waals surface area contributed by atoms with Crippen molar-refractivity contribution in [1.29, 1.82) is 0 Å². The van der Waals surface area contributed by atoms with Crippen LogP contribution in [-0.2, 0) is 0 Å². The monoisotopic (exact) mass is 298 g/mol. The number of nitrogens with zero attached hydrogens (tertiary/aromatic N) is 2. The third-order valence-corrected chi connectivity index (χ3v) is 2.82. The minimum absolute atomic E-state index is 0. The molecule has 0 aliphatic rings. The standard InChI is InChI=1S/C13H18N4O2.ClH/c1-7(2)11-10-9(12(18)15-5-4-14)6-8(3)16-13(10)19-17-11;/h6-7H,4-5,14H2,1-3H3,(H,15,18);1H. The lowest BCUT2D eigenvalue weighted by Gasteiger charge is -2.07. The second-order valence-electron chi connectivity index (χ2n) is 4.76. The van der Waals surface area contributed by atoms with Crippen molar-refractivity contribution in [2.45, 2.75) is 26.7 Å². The molecule has 20 heavy (non-hydrogen) atoms. The molecule has 2 heterocycles. The van der Waals surface area contributed by atoms with Gasteiger partial charge in [0.2, 0.25) is 0 Å². The Balaban J connectivity index is 0.00000200. The molecule has 0 unspecified atom stereocenters. The maximum atomic E-state index is 12.2. The van der Waals surface area contributed by atoms with Gasteiger partial charge >= 0.3 is 0 Å². The fourth-order valence-corrected chi connectivity index (χ4v) is 1.95. The molecule has 0 saturated heterocycles. The summed E-state index contributed by atoms with van der Waals surface area (Å²) >= 11 is 0. The summed E-state index contributed by atoms with van der Waals surface area (Å²) in [5.41, 5.74) is 7.81. The van der Waals surface area contributed by atoms with E-state index in [0.717, 1.165) is 11.4 Å². The van der Waals surface area contributed by atoms with Gasteiger partial charge < -0.3 is 15.6 Å².